The van der Waals surface area contributed by atoms with Gasteiger partial charge in [0.15, 0.2) is 0 Å². The summed E-state index contributed by atoms with van der Waals surface area (Å²) in [5.74, 6) is 0.403. The van der Waals surface area contributed by atoms with Crippen LogP contribution in [0.15, 0.2) is 29.2 Å². The molecule has 0 amide bonds. The Morgan fingerprint density at radius 1 is 1.30 bits per heavy atom. The second-order valence-corrected chi connectivity index (χ2v) is 7.22. The summed E-state index contributed by atoms with van der Waals surface area (Å²) in [7, 11) is -3.55. The lowest BCUT2D eigenvalue weighted by Gasteiger charge is -2.17. The molecular formula is C14H22N2O3S. The topological polar surface area (TPSA) is 81.4 Å². The van der Waals surface area contributed by atoms with Crippen LogP contribution in [0, 0.1) is 0 Å². The monoisotopic (exact) mass is 298 g/mol. The average Bonchev–Trinajstić information content (AvgIpc) is 2.73. The third-order valence-electron chi connectivity index (χ3n) is 3.25. The molecule has 1 aliphatic carbocycles. The molecule has 1 aromatic carbocycles. The highest BCUT2D eigenvalue weighted by atomic mass is 32.2. The lowest BCUT2D eigenvalue weighted by molar-refractivity contribution is 0.202. The van der Waals surface area contributed by atoms with Crippen LogP contribution in [0.1, 0.15) is 33.1 Å². The van der Waals surface area contributed by atoms with Crippen LogP contribution in [-0.4, -0.2) is 26.6 Å². The predicted octanol–water partition coefficient (Wildman–Crippen LogP) is 1.63. The highest BCUT2D eigenvalue weighted by molar-refractivity contribution is 7.89. The van der Waals surface area contributed by atoms with Gasteiger partial charge >= 0.3 is 0 Å². The van der Waals surface area contributed by atoms with Gasteiger partial charge in [-0.3, -0.25) is 0 Å². The first-order chi connectivity index (χ1) is 9.38. The van der Waals surface area contributed by atoms with Crippen LogP contribution in [0.3, 0.4) is 0 Å². The van der Waals surface area contributed by atoms with E-state index < -0.39 is 10.0 Å². The van der Waals surface area contributed by atoms with Crippen molar-refractivity contribution in [3.8, 4) is 5.75 Å². The SMILES string of the molecule is CC(C)NS(=O)(=O)c1ccccc1OC1CCC(N)C1. The van der Waals surface area contributed by atoms with Crippen molar-refractivity contribution in [2.75, 3.05) is 0 Å². The maximum atomic E-state index is 12.3. The third-order valence-corrected chi connectivity index (χ3v) is 4.95. The Bertz CT molecular complexity index is 557. The summed E-state index contributed by atoms with van der Waals surface area (Å²) in [5, 5.41) is 0. The van der Waals surface area contributed by atoms with E-state index in [1.54, 1.807) is 38.1 Å². The summed E-state index contributed by atoms with van der Waals surface area (Å²) in [6.45, 7) is 3.58. The number of hydrogen-bond donors (Lipinski definition) is 2. The van der Waals surface area contributed by atoms with Gasteiger partial charge in [0.2, 0.25) is 10.0 Å². The second kappa shape index (κ2) is 6.11. The zero-order valence-corrected chi connectivity index (χ0v) is 12.7. The van der Waals surface area contributed by atoms with E-state index in [1.807, 2.05) is 0 Å². The number of nitrogens with one attached hydrogen (secondary N) is 1. The van der Waals surface area contributed by atoms with Gasteiger partial charge in [0, 0.05) is 12.1 Å². The Morgan fingerprint density at radius 2 is 2.00 bits per heavy atom. The quantitative estimate of drug-likeness (QED) is 0.865. The van der Waals surface area contributed by atoms with Crippen LogP contribution in [0.4, 0.5) is 0 Å². The highest BCUT2D eigenvalue weighted by Crippen LogP contribution is 2.28. The van der Waals surface area contributed by atoms with Crippen LogP contribution >= 0.6 is 0 Å². The molecule has 3 N–H and O–H groups in total. The largest absolute Gasteiger partial charge is 0.489 e. The van der Waals surface area contributed by atoms with Gasteiger partial charge in [-0.2, -0.15) is 0 Å². The molecule has 0 aromatic heterocycles. The highest BCUT2D eigenvalue weighted by Gasteiger charge is 2.26. The van der Waals surface area contributed by atoms with Crippen LogP contribution in [0.25, 0.3) is 0 Å². The fourth-order valence-electron chi connectivity index (χ4n) is 2.40. The van der Waals surface area contributed by atoms with E-state index >= 15 is 0 Å². The maximum absolute atomic E-state index is 12.3. The smallest absolute Gasteiger partial charge is 0.244 e. The van der Waals surface area contributed by atoms with Crippen LogP contribution in [-0.2, 0) is 10.0 Å². The van der Waals surface area contributed by atoms with Gasteiger partial charge in [-0.05, 0) is 45.2 Å². The number of rotatable bonds is 5. The number of ether oxygens (including phenoxy) is 1. The summed E-state index contributed by atoms with van der Waals surface area (Å²) < 4.78 is 33.0. The van der Waals surface area contributed by atoms with Crippen molar-refractivity contribution in [3.05, 3.63) is 24.3 Å². The number of benzene rings is 1. The van der Waals surface area contributed by atoms with Crippen molar-refractivity contribution in [2.24, 2.45) is 5.73 Å². The van der Waals surface area contributed by atoms with Gasteiger partial charge < -0.3 is 10.5 Å². The van der Waals surface area contributed by atoms with Crippen molar-refractivity contribution >= 4 is 10.0 Å². The van der Waals surface area contributed by atoms with Gasteiger partial charge in [-0.25, -0.2) is 13.1 Å². The Morgan fingerprint density at radius 3 is 2.60 bits per heavy atom. The molecule has 2 unspecified atom stereocenters. The van der Waals surface area contributed by atoms with E-state index in [0.29, 0.717) is 5.75 Å². The zero-order chi connectivity index (χ0) is 14.8. The van der Waals surface area contributed by atoms with Gasteiger partial charge in [0.1, 0.15) is 16.7 Å². The molecule has 0 spiro atoms. The van der Waals surface area contributed by atoms with Gasteiger partial charge in [-0.1, -0.05) is 12.1 Å². The normalized spacial score (nSPS) is 23.2. The van der Waals surface area contributed by atoms with Crippen LogP contribution in [0.2, 0.25) is 0 Å². The second-order valence-electron chi connectivity index (χ2n) is 5.54. The van der Waals surface area contributed by atoms with Crippen molar-refractivity contribution in [1.82, 2.24) is 4.72 Å². The van der Waals surface area contributed by atoms with Crippen LogP contribution < -0.4 is 15.2 Å². The minimum absolute atomic E-state index is 0.000370. The molecule has 2 atom stereocenters. The standard InChI is InChI=1S/C14H22N2O3S/c1-10(2)16-20(17,18)14-6-4-3-5-13(14)19-12-8-7-11(15)9-12/h3-6,10-12,16H,7-9,15H2,1-2H3. The number of sulfonamides is 1. The van der Waals surface area contributed by atoms with Crippen molar-refractivity contribution < 1.29 is 13.2 Å². The minimum atomic E-state index is -3.55. The molecule has 2 rings (SSSR count). The third kappa shape index (κ3) is 3.71. The molecule has 5 nitrogen and oxygen atoms in total. The lowest BCUT2D eigenvalue weighted by atomic mass is 10.3. The predicted molar refractivity (Wildman–Crippen MR) is 78.1 cm³/mol. The summed E-state index contributed by atoms with van der Waals surface area (Å²) in [6.07, 6.45) is 2.56. The molecule has 112 valence electrons. The Balaban J connectivity index is 2.22. The zero-order valence-electron chi connectivity index (χ0n) is 11.9. The van der Waals surface area contributed by atoms with E-state index in [0.717, 1.165) is 19.3 Å². The molecule has 0 aliphatic heterocycles. The molecule has 20 heavy (non-hydrogen) atoms. The van der Waals surface area contributed by atoms with E-state index in [4.69, 9.17) is 10.5 Å². The minimum Gasteiger partial charge on any atom is -0.489 e. The molecule has 6 heteroatoms. The Labute approximate surface area is 120 Å². The van der Waals surface area contributed by atoms with Crippen LogP contribution in [0.5, 0.6) is 5.75 Å². The first kappa shape index (κ1) is 15.3. The Kier molecular flexibility index (Phi) is 4.67. The van der Waals surface area contributed by atoms with Crippen molar-refractivity contribution in [2.45, 2.75) is 56.2 Å². The summed E-state index contributed by atoms with van der Waals surface area (Å²) in [4.78, 5) is 0.189. The maximum Gasteiger partial charge on any atom is 0.244 e. The first-order valence-corrected chi connectivity index (χ1v) is 8.40. The molecule has 0 heterocycles. The molecule has 1 aromatic rings. The molecule has 1 fully saturated rings. The van der Waals surface area contributed by atoms with Gasteiger partial charge in [-0.15, -0.1) is 0 Å². The van der Waals surface area contributed by atoms with E-state index in [-0.39, 0.29) is 23.1 Å². The molecule has 1 saturated carbocycles. The van der Waals surface area contributed by atoms with E-state index in [1.165, 1.54) is 0 Å². The summed E-state index contributed by atoms with van der Waals surface area (Å²) in [6, 6.07) is 6.72. The van der Waals surface area contributed by atoms with Gasteiger partial charge in [0.05, 0.1) is 0 Å². The molecule has 0 radical (unpaired) electrons. The average molecular weight is 298 g/mol. The molecule has 1 aliphatic rings. The lowest BCUT2D eigenvalue weighted by Crippen LogP contribution is -2.31. The molecular weight excluding hydrogens is 276 g/mol. The molecule has 0 bridgehead atoms. The fourth-order valence-corrected chi connectivity index (χ4v) is 3.79. The van der Waals surface area contributed by atoms with E-state index in [9.17, 15) is 8.42 Å². The number of nitrogens with two attached hydrogens (primary N) is 1. The fraction of sp³-hybridized carbons (Fsp3) is 0.571. The number of hydrogen-bond acceptors (Lipinski definition) is 4. The Hall–Kier alpha value is -1.11. The van der Waals surface area contributed by atoms with Crippen molar-refractivity contribution in [3.63, 3.8) is 0 Å². The van der Waals surface area contributed by atoms with E-state index in [2.05, 4.69) is 4.72 Å². The first-order valence-electron chi connectivity index (χ1n) is 6.92. The summed E-state index contributed by atoms with van der Waals surface area (Å²) >= 11 is 0. The van der Waals surface area contributed by atoms with Gasteiger partial charge in [0.25, 0.3) is 0 Å². The number of para-hydroxylation sites is 1. The van der Waals surface area contributed by atoms with Crippen molar-refractivity contribution in [1.29, 1.82) is 0 Å². The summed E-state index contributed by atoms with van der Waals surface area (Å²) in [5.41, 5.74) is 5.86. The molecule has 0 saturated heterocycles.